The molecule has 3 aromatic rings. The molecule has 0 amide bonds. The van der Waals surface area contributed by atoms with Crippen LogP contribution in [0.25, 0.3) is 22.4 Å². The number of halogens is 1. The molecule has 0 aliphatic heterocycles. The summed E-state index contributed by atoms with van der Waals surface area (Å²) >= 11 is 6.21. The van der Waals surface area contributed by atoms with Gasteiger partial charge in [-0.25, -0.2) is 4.98 Å². The van der Waals surface area contributed by atoms with Gasteiger partial charge in [-0.3, -0.25) is 4.79 Å². The Balaban J connectivity index is 2.11. The maximum Gasteiger partial charge on any atom is 0.308 e. The van der Waals surface area contributed by atoms with Crippen LogP contribution in [-0.4, -0.2) is 23.0 Å². The van der Waals surface area contributed by atoms with Gasteiger partial charge in [0.2, 0.25) is 0 Å². The van der Waals surface area contributed by atoms with Gasteiger partial charge in [-0.15, -0.1) is 0 Å². The van der Waals surface area contributed by atoms with Gasteiger partial charge in [0.15, 0.2) is 11.5 Å². The van der Waals surface area contributed by atoms with Crippen LogP contribution in [0.5, 0.6) is 11.5 Å². The fraction of sp³-hybridized carbons (Fsp3) is 0.125. The molecule has 0 spiro atoms. The molecule has 22 heavy (non-hydrogen) atoms. The summed E-state index contributed by atoms with van der Waals surface area (Å²) in [4.78, 5) is 18.9. The summed E-state index contributed by atoms with van der Waals surface area (Å²) in [7, 11) is 1.49. The van der Waals surface area contributed by atoms with Gasteiger partial charge in [0.05, 0.1) is 23.2 Å². The number of imidazole rings is 1. The van der Waals surface area contributed by atoms with Crippen molar-refractivity contribution in [3.05, 3.63) is 41.4 Å². The molecule has 0 fully saturated rings. The smallest absolute Gasteiger partial charge is 0.308 e. The van der Waals surface area contributed by atoms with Gasteiger partial charge in [-0.1, -0.05) is 23.7 Å². The maximum atomic E-state index is 11.2. The van der Waals surface area contributed by atoms with Crippen LogP contribution in [0.4, 0.5) is 0 Å². The first-order valence-corrected chi connectivity index (χ1v) is 6.97. The van der Waals surface area contributed by atoms with Crippen LogP contribution in [0.1, 0.15) is 6.92 Å². The Kier molecular flexibility index (Phi) is 3.73. The quantitative estimate of drug-likeness (QED) is 0.589. The number of nitrogens with one attached hydrogen (secondary N) is 1. The molecule has 0 atom stereocenters. The molecule has 3 rings (SSSR count). The fourth-order valence-electron chi connectivity index (χ4n) is 2.19. The predicted octanol–water partition coefficient (Wildman–Crippen LogP) is 3.82. The number of aromatic nitrogens is 2. The Hall–Kier alpha value is -2.53. The zero-order chi connectivity index (χ0) is 15.7. The molecule has 1 N–H and O–H groups in total. The van der Waals surface area contributed by atoms with E-state index in [4.69, 9.17) is 21.1 Å². The van der Waals surface area contributed by atoms with E-state index in [0.29, 0.717) is 11.6 Å². The first-order chi connectivity index (χ1) is 10.6. The summed E-state index contributed by atoms with van der Waals surface area (Å²) < 4.78 is 10.4. The van der Waals surface area contributed by atoms with Crippen molar-refractivity contribution >= 4 is 28.6 Å². The highest BCUT2D eigenvalue weighted by molar-refractivity contribution is 6.32. The lowest BCUT2D eigenvalue weighted by Crippen LogP contribution is -2.04. The van der Waals surface area contributed by atoms with E-state index in [1.165, 1.54) is 14.0 Å². The van der Waals surface area contributed by atoms with Crippen molar-refractivity contribution in [2.24, 2.45) is 0 Å². The topological polar surface area (TPSA) is 64.2 Å². The second kappa shape index (κ2) is 5.69. The highest BCUT2D eigenvalue weighted by Gasteiger charge is 2.16. The number of para-hydroxylation sites is 2. The summed E-state index contributed by atoms with van der Waals surface area (Å²) in [6.45, 7) is 1.31. The Bertz CT molecular complexity index is 825. The zero-order valence-electron chi connectivity index (χ0n) is 12.0. The number of hydrogen-bond donors (Lipinski definition) is 1. The van der Waals surface area contributed by atoms with Gasteiger partial charge in [0, 0.05) is 12.5 Å². The minimum Gasteiger partial charge on any atom is -0.493 e. The second-order valence-electron chi connectivity index (χ2n) is 4.69. The number of H-pyrrole nitrogens is 1. The molecule has 0 bridgehead atoms. The SMILES string of the molecule is COc1cc(-c2nc3ccccc3[nH]2)cc(Cl)c1OC(C)=O. The minimum atomic E-state index is -0.461. The van der Waals surface area contributed by atoms with Gasteiger partial charge in [0.25, 0.3) is 0 Å². The van der Waals surface area contributed by atoms with Crippen LogP contribution in [0.2, 0.25) is 5.02 Å². The van der Waals surface area contributed by atoms with Crippen LogP contribution in [-0.2, 0) is 4.79 Å². The van der Waals surface area contributed by atoms with E-state index in [9.17, 15) is 4.79 Å². The number of aromatic amines is 1. The highest BCUT2D eigenvalue weighted by atomic mass is 35.5. The zero-order valence-corrected chi connectivity index (χ0v) is 12.8. The number of hydrogen-bond acceptors (Lipinski definition) is 4. The number of rotatable bonds is 3. The van der Waals surface area contributed by atoms with E-state index in [0.717, 1.165) is 16.6 Å². The summed E-state index contributed by atoms with van der Waals surface area (Å²) in [6.07, 6.45) is 0. The predicted molar refractivity (Wildman–Crippen MR) is 84.4 cm³/mol. The number of nitrogens with zero attached hydrogens (tertiary/aromatic N) is 1. The van der Waals surface area contributed by atoms with Crippen molar-refractivity contribution in [1.82, 2.24) is 9.97 Å². The molecule has 112 valence electrons. The van der Waals surface area contributed by atoms with Crippen LogP contribution in [0, 0.1) is 0 Å². The number of esters is 1. The van der Waals surface area contributed by atoms with Gasteiger partial charge >= 0.3 is 5.97 Å². The molecule has 6 heteroatoms. The van der Waals surface area contributed by atoms with E-state index >= 15 is 0 Å². The molecule has 1 heterocycles. The van der Waals surface area contributed by atoms with Crippen molar-refractivity contribution in [3.8, 4) is 22.9 Å². The molecule has 5 nitrogen and oxygen atoms in total. The third kappa shape index (κ3) is 2.63. The minimum absolute atomic E-state index is 0.205. The average molecular weight is 317 g/mol. The van der Waals surface area contributed by atoms with Crippen molar-refractivity contribution in [2.45, 2.75) is 6.92 Å². The van der Waals surface area contributed by atoms with Crippen LogP contribution in [0.3, 0.4) is 0 Å². The Morgan fingerprint density at radius 1 is 1.27 bits per heavy atom. The summed E-state index contributed by atoms with van der Waals surface area (Å²) in [6, 6.07) is 11.1. The lowest BCUT2D eigenvalue weighted by molar-refractivity contribution is -0.132. The standard InChI is InChI=1S/C16H13ClN2O3/c1-9(20)22-15-11(17)7-10(8-14(15)21-2)16-18-12-5-3-4-6-13(12)19-16/h3-8H,1-2H3,(H,18,19). The molecule has 0 aliphatic carbocycles. The van der Waals surface area contributed by atoms with Crippen LogP contribution >= 0.6 is 11.6 Å². The summed E-state index contributed by atoms with van der Waals surface area (Å²) in [5.74, 6) is 0.780. The summed E-state index contributed by atoms with van der Waals surface area (Å²) in [5, 5.41) is 0.282. The molecule has 1 aromatic heterocycles. The van der Waals surface area contributed by atoms with Gasteiger partial charge in [0.1, 0.15) is 5.82 Å². The number of carbonyl (C=O) groups is 1. The third-order valence-corrected chi connectivity index (χ3v) is 3.42. The Morgan fingerprint density at radius 3 is 2.73 bits per heavy atom. The highest BCUT2D eigenvalue weighted by Crippen LogP contribution is 2.39. The second-order valence-corrected chi connectivity index (χ2v) is 5.09. The molecule has 2 aromatic carbocycles. The normalized spacial score (nSPS) is 10.7. The average Bonchev–Trinajstić information content (AvgIpc) is 2.92. The first kappa shape index (κ1) is 14.4. The van der Waals surface area contributed by atoms with E-state index in [2.05, 4.69) is 9.97 Å². The van der Waals surface area contributed by atoms with Gasteiger partial charge in [-0.05, 0) is 24.3 Å². The number of carbonyl (C=O) groups excluding carboxylic acids is 1. The maximum absolute atomic E-state index is 11.2. The van der Waals surface area contributed by atoms with E-state index in [-0.39, 0.29) is 10.8 Å². The molecule has 0 saturated carbocycles. The molecule has 0 unspecified atom stereocenters. The van der Waals surface area contributed by atoms with E-state index < -0.39 is 5.97 Å². The van der Waals surface area contributed by atoms with Crippen molar-refractivity contribution < 1.29 is 14.3 Å². The Labute approximate surface area is 131 Å². The third-order valence-electron chi connectivity index (χ3n) is 3.14. The van der Waals surface area contributed by atoms with Gasteiger partial charge in [-0.2, -0.15) is 0 Å². The van der Waals surface area contributed by atoms with Crippen molar-refractivity contribution in [1.29, 1.82) is 0 Å². The molecular formula is C16H13ClN2O3. The lowest BCUT2D eigenvalue weighted by atomic mass is 10.2. The number of ether oxygens (including phenoxy) is 2. The number of methoxy groups -OCH3 is 1. The van der Waals surface area contributed by atoms with Crippen molar-refractivity contribution in [2.75, 3.05) is 7.11 Å². The summed E-state index contributed by atoms with van der Waals surface area (Å²) in [5.41, 5.74) is 2.53. The van der Waals surface area contributed by atoms with E-state index in [1.807, 2.05) is 24.3 Å². The molecular weight excluding hydrogens is 304 g/mol. The number of fused-ring (bicyclic) bond motifs is 1. The fourth-order valence-corrected chi connectivity index (χ4v) is 2.44. The Morgan fingerprint density at radius 2 is 2.05 bits per heavy atom. The molecule has 0 aliphatic rings. The van der Waals surface area contributed by atoms with E-state index in [1.54, 1.807) is 12.1 Å². The monoisotopic (exact) mass is 316 g/mol. The van der Waals surface area contributed by atoms with Crippen LogP contribution in [0.15, 0.2) is 36.4 Å². The number of benzene rings is 2. The lowest BCUT2D eigenvalue weighted by Gasteiger charge is -2.11. The molecule has 0 saturated heterocycles. The molecule has 0 radical (unpaired) electrons. The van der Waals surface area contributed by atoms with Crippen molar-refractivity contribution in [3.63, 3.8) is 0 Å². The first-order valence-electron chi connectivity index (χ1n) is 6.59. The van der Waals surface area contributed by atoms with Gasteiger partial charge < -0.3 is 14.5 Å². The largest absolute Gasteiger partial charge is 0.493 e. The van der Waals surface area contributed by atoms with Crippen LogP contribution < -0.4 is 9.47 Å².